The zero-order valence-corrected chi connectivity index (χ0v) is 12.3. The summed E-state index contributed by atoms with van der Waals surface area (Å²) in [6.45, 7) is 5.74. The maximum absolute atomic E-state index is 12.4. The lowest BCUT2D eigenvalue weighted by atomic mass is 9.81. The highest BCUT2D eigenvalue weighted by Gasteiger charge is 2.35. The molecule has 1 heterocycles. The van der Waals surface area contributed by atoms with Crippen LogP contribution in [0.1, 0.15) is 38.3 Å². The Labute approximate surface area is 119 Å². The molecule has 2 rings (SSSR count). The summed E-state index contributed by atoms with van der Waals surface area (Å²) in [4.78, 5) is 12.4. The molecule has 0 radical (unpaired) electrons. The molecule has 1 aliphatic rings. The molecule has 1 aromatic rings. The van der Waals surface area contributed by atoms with Crippen molar-refractivity contribution in [3.05, 3.63) is 34.9 Å². The molecule has 19 heavy (non-hydrogen) atoms. The van der Waals surface area contributed by atoms with Crippen LogP contribution in [0.4, 0.5) is 0 Å². The maximum Gasteiger partial charge on any atom is 0.227 e. The molecular weight excluding hydrogens is 260 g/mol. The summed E-state index contributed by atoms with van der Waals surface area (Å²) in [7, 11) is 0. The fraction of sp³-hybridized carbons (Fsp3) is 0.533. The van der Waals surface area contributed by atoms with Crippen LogP contribution in [-0.2, 0) is 4.79 Å². The maximum atomic E-state index is 12.4. The Hall–Kier alpha value is -1.06. The molecule has 4 heteroatoms. The van der Waals surface area contributed by atoms with Gasteiger partial charge in [-0.3, -0.25) is 4.79 Å². The number of amides is 1. The van der Waals surface area contributed by atoms with E-state index in [9.17, 15) is 4.79 Å². The summed E-state index contributed by atoms with van der Waals surface area (Å²) in [5.74, 6) is 0.104. The van der Waals surface area contributed by atoms with Gasteiger partial charge in [0.15, 0.2) is 0 Å². The van der Waals surface area contributed by atoms with Gasteiger partial charge in [0.2, 0.25) is 5.91 Å². The van der Waals surface area contributed by atoms with Crippen LogP contribution in [0.5, 0.6) is 0 Å². The van der Waals surface area contributed by atoms with Gasteiger partial charge < -0.3 is 10.6 Å². The fourth-order valence-electron chi connectivity index (χ4n) is 2.52. The molecule has 3 nitrogen and oxygen atoms in total. The van der Waals surface area contributed by atoms with E-state index in [4.69, 9.17) is 11.6 Å². The van der Waals surface area contributed by atoms with Crippen molar-refractivity contribution < 1.29 is 4.79 Å². The quantitative estimate of drug-likeness (QED) is 0.894. The second kappa shape index (κ2) is 5.93. The van der Waals surface area contributed by atoms with Crippen LogP contribution in [0.15, 0.2) is 24.3 Å². The number of halogens is 1. The minimum Gasteiger partial charge on any atom is -0.349 e. The summed E-state index contributed by atoms with van der Waals surface area (Å²) in [5, 5.41) is 7.07. The lowest BCUT2D eigenvalue weighted by Gasteiger charge is -2.33. The van der Waals surface area contributed by atoms with Crippen molar-refractivity contribution >= 4 is 17.5 Å². The molecule has 2 N–H and O–H groups in total. The van der Waals surface area contributed by atoms with Gasteiger partial charge in [0.1, 0.15) is 0 Å². The van der Waals surface area contributed by atoms with E-state index in [-0.39, 0.29) is 17.4 Å². The van der Waals surface area contributed by atoms with Gasteiger partial charge in [-0.15, -0.1) is 0 Å². The molecule has 1 saturated heterocycles. The first-order valence-corrected chi connectivity index (χ1v) is 7.17. The lowest BCUT2D eigenvalue weighted by molar-refractivity contribution is -0.131. The molecule has 0 aliphatic carbocycles. The largest absolute Gasteiger partial charge is 0.349 e. The van der Waals surface area contributed by atoms with Gasteiger partial charge in [-0.1, -0.05) is 29.8 Å². The van der Waals surface area contributed by atoms with Crippen molar-refractivity contribution in [3.63, 3.8) is 0 Å². The van der Waals surface area contributed by atoms with Crippen LogP contribution in [0, 0.1) is 5.41 Å². The Bertz CT molecular complexity index is 455. The predicted octanol–water partition coefficient (Wildman–Crippen LogP) is 2.91. The van der Waals surface area contributed by atoms with E-state index in [0.29, 0.717) is 5.02 Å². The van der Waals surface area contributed by atoms with E-state index in [1.807, 2.05) is 38.1 Å². The number of piperidine rings is 1. The van der Waals surface area contributed by atoms with E-state index >= 15 is 0 Å². The van der Waals surface area contributed by atoms with E-state index in [0.717, 1.165) is 31.5 Å². The number of carbonyl (C=O) groups excluding carboxylic acids is 1. The van der Waals surface area contributed by atoms with Crippen molar-refractivity contribution in [2.75, 3.05) is 13.1 Å². The highest BCUT2D eigenvalue weighted by Crippen LogP contribution is 2.28. The van der Waals surface area contributed by atoms with Gasteiger partial charge in [0.05, 0.1) is 11.5 Å². The van der Waals surface area contributed by atoms with Crippen LogP contribution in [0.3, 0.4) is 0 Å². The Kier molecular flexibility index (Phi) is 4.48. The minimum atomic E-state index is -0.312. The molecule has 0 saturated carbocycles. The Morgan fingerprint density at radius 1 is 1.47 bits per heavy atom. The summed E-state index contributed by atoms with van der Waals surface area (Å²) >= 11 is 6.16. The molecule has 1 aromatic carbocycles. The number of benzene rings is 1. The number of hydrogen-bond acceptors (Lipinski definition) is 2. The number of rotatable bonds is 3. The molecule has 0 aromatic heterocycles. The van der Waals surface area contributed by atoms with Gasteiger partial charge >= 0.3 is 0 Å². The molecule has 2 atom stereocenters. The Morgan fingerprint density at radius 3 is 2.84 bits per heavy atom. The van der Waals surface area contributed by atoms with E-state index in [2.05, 4.69) is 10.6 Å². The van der Waals surface area contributed by atoms with Gasteiger partial charge in [0.25, 0.3) is 0 Å². The predicted molar refractivity (Wildman–Crippen MR) is 78.2 cm³/mol. The van der Waals surface area contributed by atoms with Crippen LogP contribution in [0.2, 0.25) is 5.02 Å². The van der Waals surface area contributed by atoms with Gasteiger partial charge in [-0.2, -0.15) is 0 Å². The van der Waals surface area contributed by atoms with Crippen LogP contribution in [-0.4, -0.2) is 19.0 Å². The standard InChI is InChI=1S/C15H21ClN2O/c1-11(12-6-3-4-7-13(12)16)18-14(19)15(2)8-5-9-17-10-15/h3-4,6-7,11,17H,5,8-10H2,1-2H3,(H,18,19). The normalized spacial score (nSPS) is 24.8. The lowest BCUT2D eigenvalue weighted by Crippen LogP contribution is -2.49. The fourth-order valence-corrected chi connectivity index (χ4v) is 2.82. The van der Waals surface area contributed by atoms with Crippen LogP contribution < -0.4 is 10.6 Å². The van der Waals surface area contributed by atoms with Gasteiger partial charge in [0, 0.05) is 11.6 Å². The average molecular weight is 281 g/mol. The SMILES string of the molecule is CC(NC(=O)C1(C)CCCNC1)c1ccccc1Cl. The van der Waals surface area contributed by atoms with E-state index < -0.39 is 0 Å². The monoisotopic (exact) mass is 280 g/mol. The molecule has 0 bridgehead atoms. The summed E-state index contributed by atoms with van der Waals surface area (Å²) in [6.07, 6.45) is 1.98. The van der Waals surface area contributed by atoms with E-state index in [1.54, 1.807) is 0 Å². The van der Waals surface area contributed by atoms with Crippen molar-refractivity contribution in [2.24, 2.45) is 5.41 Å². The summed E-state index contributed by atoms with van der Waals surface area (Å²) in [6, 6.07) is 7.57. The number of nitrogens with one attached hydrogen (secondary N) is 2. The summed E-state index contributed by atoms with van der Waals surface area (Å²) in [5.41, 5.74) is 0.651. The minimum absolute atomic E-state index is 0.0695. The molecule has 0 spiro atoms. The highest BCUT2D eigenvalue weighted by molar-refractivity contribution is 6.31. The molecule has 104 valence electrons. The topological polar surface area (TPSA) is 41.1 Å². The molecular formula is C15H21ClN2O. The first-order valence-electron chi connectivity index (χ1n) is 6.79. The molecule has 2 unspecified atom stereocenters. The first-order chi connectivity index (χ1) is 9.03. The third-order valence-electron chi connectivity index (χ3n) is 3.86. The molecule has 1 fully saturated rings. The van der Waals surface area contributed by atoms with Crippen molar-refractivity contribution in [3.8, 4) is 0 Å². The van der Waals surface area contributed by atoms with Crippen molar-refractivity contribution in [1.82, 2.24) is 10.6 Å². The molecule has 1 amide bonds. The second-order valence-electron chi connectivity index (χ2n) is 5.56. The number of hydrogen-bond donors (Lipinski definition) is 2. The number of carbonyl (C=O) groups is 1. The highest BCUT2D eigenvalue weighted by atomic mass is 35.5. The van der Waals surface area contributed by atoms with Crippen molar-refractivity contribution in [1.29, 1.82) is 0 Å². The Balaban J connectivity index is 2.04. The van der Waals surface area contributed by atoms with Gasteiger partial charge in [-0.25, -0.2) is 0 Å². The third-order valence-corrected chi connectivity index (χ3v) is 4.21. The van der Waals surface area contributed by atoms with Gasteiger partial charge in [-0.05, 0) is 44.9 Å². The van der Waals surface area contributed by atoms with Crippen LogP contribution in [0.25, 0.3) is 0 Å². The van der Waals surface area contributed by atoms with Crippen molar-refractivity contribution in [2.45, 2.75) is 32.7 Å². The van der Waals surface area contributed by atoms with Crippen LogP contribution >= 0.6 is 11.6 Å². The Morgan fingerprint density at radius 2 is 2.21 bits per heavy atom. The third kappa shape index (κ3) is 3.28. The average Bonchev–Trinajstić information content (AvgIpc) is 2.40. The molecule has 1 aliphatic heterocycles. The zero-order valence-electron chi connectivity index (χ0n) is 11.5. The summed E-state index contributed by atoms with van der Waals surface area (Å²) < 4.78 is 0. The zero-order chi connectivity index (χ0) is 13.9. The first kappa shape index (κ1) is 14.4. The van der Waals surface area contributed by atoms with E-state index in [1.165, 1.54) is 0 Å². The second-order valence-corrected chi connectivity index (χ2v) is 5.96. The smallest absolute Gasteiger partial charge is 0.227 e.